The molecule has 119 heavy (non-hydrogen) atoms. The number of nitrogens with zero attached hydrogens (tertiary/aromatic N) is 8. The SMILES string of the molecule is C1CNCCN1.C=CCc1cccc(/C=N/NC(=O)CN2CCN(Cc3ccc(C)cc3)CC2)c1O.C=CCc1cccc(C=O)c1O.CCOC(=O)CCl.CCOC(=O)CN1CCN(Cc2ccc(C)cc2)CC1.CF.Cc1ccc(CCl)cc1.Cc1ccc(CN2CCN(CC(=O)NN)CC2)cc1.Cc1ccc(CN2CCNCC2)cc1. The zero-order chi connectivity index (χ0) is 86.8. The van der Waals surface area contributed by atoms with Gasteiger partial charge < -0.3 is 35.6 Å². The number of nitrogens with two attached hydrogens (primary N) is 1. The second kappa shape index (κ2) is 62.1. The van der Waals surface area contributed by atoms with Crippen LogP contribution in [0.4, 0.5) is 4.39 Å². The summed E-state index contributed by atoms with van der Waals surface area (Å²) < 4.78 is 18.9. The Hall–Kier alpha value is -9.09. The smallest absolute Gasteiger partial charge is 0.320 e. The number of hydrazine groups is 1. The first kappa shape index (κ1) is 102. The number of allylic oxidation sites excluding steroid dienone is 2. The van der Waals surface area contributed by atoms with Gasteiger partial charge in [0.1, 0.15) is 17.4 Å². The van der Waals surface area contributed by atoms with Crippen LogP contribution in [-0.2, 0) is 73.6 Å². The van der Waals surface area contributed by atoms with Crippen LogP contribution >= 0.6 is 23.2 Å². The number of phenols is 2. The zero-order valence-electron chi connectivity index (χ0n) is 71.6. The fourth-order valence-corrected chi connectivity index (χ4v) is 12.8. The molecule has 5 aliphatic rings. The number of aryl methyl sites for hydroxylation is 5. The van der Waals surface area contributed by atoms with Crippen LogP contribution in [0.2, 0.25) is 0 Å². The minimum Gasteiger partial charge on any atom is -0.507 e. The third kappa shape index (κ3) is 44.7. The number of nitrogens with one attached hydrogen (secondary N) is 5. The van der Waals surface area contributed by atoms with E-state index in [1.165, 1.54) is 74.9 Å². The number of hydrogen-bond acceptors (Lipinski definition) is 21. The standard InChI is InChI=1S/C24H30N4O2.C16H24N2O2.C14H22N4O.C12H18N2.C10H10O2.C8H9Cl.C4H7ClO2.C4H10N2.CH3F/c1-3-5-21-6-4-7-22(24(21)30)16-25-26-23(29)18-28-14-12-27(13-15-28)17-20-10-8-19(2)9-11-20;1-3-20-16(19)13-18-10-8-17(9-11-18)12-15-6-4-14(2)5-7-15;1-12-2-4-13(5-3-12)10-17-6-8-18(9-7-17)11-14(19)16-15;1-11-2-4-12(5-3-11)10-14-8-6-13-7-9-14;1-2-4-8-5-3-6-9(7-11)10(8)12;1-7-2-4-8(6-9)5-3-7;1-2-7-4(6)3-5;1-2-6-4-3-5-1;1-2/h3-4,6-11,16,30H,1,5,12-15,17-18H2,2H3,(H,26,29);4-7H,3,8-13H2,1-2H3;2-5H,6-11,15H2,1H3,(H,16,19);2-5,13H,6-10H2,1H3;2-3,5-7,12H,1,4H2;2-5H,6H2,1H3;2-3H2,1H3;5-6H,1-4H2;1H3/b25-16+;;;;;;;;. The molecule has 0 aliphatic carbocycles. The van der Waals surface area contributed by atoms with Crippen molar-refractivity contribution in [3.63, 3.8) is 0 Å². The number of aldehydes is 1. The minimum absolute atomic E-state index is 0.0478. The van der Waals surface area contributed by atoms with Crippen LogP contribution in [0.5, 0.6) is 11.5 Å². The molecular formula is C93H133Cl2FN14O9. The van der Waals surface area contributed by atoms with Gasteiger partial charge in [-0.2, -0.15) is 5.10 Å². The molecule has 650 valence electrons. The summed E-state index contributed by atoms with van der Waals surface area (Å²) in [6.07, 6.45) is 6.69. The van der Waals surface area contributed by atoms with Gasteiger partial charge in [0.2, 0.25) is 5.91 Å². The maximum Gasteiger partial charge on any atom is 0.320 e. The molecule has 5 heterocycles. The summed E-state index contributed by atoms with van der Waals surface area (Å²) in [4.78, 5) is 71.5. The molecule has 2 amide bonds. The predicted molar refractivity (Wildman–Crippen MR) is 483 cm³/mol. The van der Waals surface area contributed by atoms with E-state index >= 15 is 0 Å². The lowest BCUT2D eigenvalue weighted by atomic mass is 10.1. The summed E-state index contributed by atoms with van der Waals surface area (Å²) in [5, 5.41) is 33.5. The van der Waals surface area contributed by atoms with Crippen molar-refractivity contribution in [1.82, 2.24) is 61.1 Å². The van der Waals surface area contributed by atoms with Crippen molar-refractivity contribution in [2.24, 2.45) is 10.9 Å². The highest BCUT2D eigenvalue weighted by Gasteiger charge is 2.22. The molecular weight excluding hydrogens is 1550 g/mol. The Labute approximate surface area is 718 Å². The first-order valence-electron chi connectivity index (χ1n) is 41.0. The van der Waals surface area contributed by atoms with Gasteiger partial charge in [-0.3, -0.25) is 68.1 Å². The second-order valence-electron chi connectivity index (χ2n) is 29.2. The number of benzene rings is 7. The topological polar surface area (TPSA) is 265 Å². The fraction of sp³-hybridized carbons (Fsp3) is 0.441. The molecule has 0 unspecified atom stereocenters. The van der Waals surface area contributed by atoms with E-state index in [-0.39, 0.29) is 41.1 Å². The Morgan fingerprint density at radius 2 is 0.756 bits per heavy atom. The number of hydrazone groups is 1. The maximum absolute atomic E-state index is 12.2. The first-order valence-corrected chi connectivity index (χ1v) is 42.1. The zero-order valence-corrected chi connectivity index (χ0v) is 73.1. The van der Waals surface area contributed by atoms with E-state index < -0.39 is 0 Å². The Morgan fingerprint density at radius 3 is 1.08 bits per heavy atom. The van der Waals surface area contributed by atoms with Crippen LogP contribution in [0.25, 0.3) is 0 Å². The Balaban J connectivity index is 0.000000299. The van der Waals surface area contributed by atoms with Gasteiger partial charge in [-0.15, -0.1) is 36.4 Å². The number of amides is 2. The molecule has 26 heteroatoms. The van der Waals surface area contributed by atoms with Gasteiger partial charge in [-0.05, 0) is 112 Å². The van der Waals surface area contributed by atoms with E-state index in [0.29, 0.717) is 76.2 Å². The molecule has 5 aliphatic heterocycles. The van der Waals surface area contributed by atoms with Crippen LogP contribution in [-0.4, -0.2) is 258 Å². The quantitative estimate of drug-likeness (QED) is 0.00386. The van der Waals surface area contributed by atoms with Crippen LogP contribution in [0.15, 0.2) is 188 Å². The average Bonchev–Trinajstić information content (AvgIpc) is 0.874. The third-order valence-corrected chi connectivity index (χ3v) is 20.0. The first-order chi connectivity index (χ1) is 57.7. The van der Waals surface area contributed by atoms with Crippen molar-refractivity contribution in [3.05, 3.63) is 261 Å². The van der Waals surface area contributed by atoms with Gasteiger partial charge in [0, 0.05) is 169 Å². The second-order valence-corrected chi connectivity index (χ2v) is 29.7. The summed E-state index contributed by atoms with van der Waals surface area (Å²) in [6.45, 7) is 47.8. The monoisotopic (exact) mass is 1680 g/mol. The van der Waals surface area contributed by atoms with Crippen molar-refractivity contribution >= 4 is 59.5 Å². The number of piperazine rings is 5. The van der Waals surface area contributed by atoms with Crippen LogP contribution in [0.1, 0.15) is 96.5 Å². The van der Waals surface area contributed by atoms with Crippen molar-refractivity contribution in [2.45, 2.75) is 93.4 Å². The van der Waals surface area contributed by atoms with Crippen molar-refractivity contribution < 1.29 is 48.0 Å². The molecule has 7 aromatic rings. The number of carbonyl (C=O) groups is 5. The van der Waals surface area contributed by atoms with Gasteiger partial charge >= 0.3 is 11.9 Å². The summed E-state index contributed by atoms with van der Waals surface area (Å²) in [7, 11) is 0.500. The molecule has 23 nitrogen and oxygen atoms in total. The molecule has 5 fully saturated rings. The minimum atomic E-state index is -0.357. The number of phenolic OH excluding ortho intramolecular Hbond substituents is 2. The van der Waals surface area contributed by atoms with E-state index in [1.54, 1.807) is 43.3 Å². The number of alkyl halides is 3. The van der Waals surface area contributed by atoms with E-state index in [0.717, 1.165) is 155 Å². The Kier molecular flexibility index (Phi) is 53.4. The molecule has 0 spiro atoms. The molecule has 0 saturated carbocycles. The Morgan fingerprint density at radius 1 is 0.445 bits per heavy atom. The van der Waals surface area contributed by atoms with E-state index in [1.807, 2.05) is 31.2 Å². The fourth-order valence-electron chi connectivity index (χ4n) is 12.6. The van der Waals surface area contributed by atoms with Gasteiger partial charge in [-0.25, -0.2) is 11.3 Å². The van der Waals surface area contributed by atoms with Gasteiger partial charge in [0.25, 0.3) is 5.91 Å². The van der Waals surface area contributed by atoms with Crippen LogP contribution in [0.3, 0.4) is 0 Å². The number of aromatic hydroxyl groups is 2. The molecule has 9 N–H and O–H groups in total. The lowest BCUT2D eigenvalue weighted by Crippen LogP contribution is -2.49. The van der Waals surface area contributed by atoms with Gasteiger partial charge in [-0.1, -0.05) is 186 Å². The average molecular weight is 1680 g/mol. The summed E-state index contributed by atoms with van der Waals surface area (Å²) >= 11 is 10.6. The number of esters is 2. The highest BCUT2D eigenvalue weighted by atomic mass is 35.5. The molecule has 5 saturated heterocycles. The summed E-state index contributed by atoms with van der Waals surface area (Å²) in [5.74, 6) is 5.15. The summed E-state index contributed by atoms with van der Waals surface area (Å²) in [6, 6.07) is 53.6. The number of hydrogen-bond donors (Lipinski definition) is 8. The normalized spacial score (nSPS) is 15.1. The largest absolute Gasteiger partial charge is 0.507 e. The molecule has 0 bridgehead atoms. The molecule has 7 aromatic carbocycles. The lowest BCUT2D eigenvalue weighted by molar-refractivity contribution is -0.145. The number of halogens is 3. The van der Waals surface area contributed by atoms with Gasteiger partial charge in [0.15, 0.2) is 6.29 Å². The molecule has 12 rings (SSSR count). The lowest BCUT2D eigenvalue weighted by Gasteiger charge is -2.34. The number of para-hydroxylation sites is 2. The molecule has 0 radical (unpaired) electrons. The highest BCUT2D eigenvalue weighted by molar-refractivity contribution is 6.26. The Bertz CT molecular complexity index is 3970. The number of ether oxygens (including phenoxy) is 2. The van der Waals surface area contributed by atoms with Crippen molar-refractivity contribution in [2.75, 3.05) is 177 Å². The highest BCUT2D eigenvalue weighted by Crippen LogP contribution is 2.23. The third-order valence-electron chi connectivity index (χ3n) is 19.5. The van der Waals surface area contributed by atoms with Crippen LogP contribution in [0, 0.1) is 34.6 Å². The maximum atomic E-state index is 12.2. The van der Waals surface area contributed by atoms with Gasteiger partial charge in [0.05, 0.1) is 51.8 Å². The van der Waals surface area contributed by atoms with E-state index in [9.17, 15) is 38.6 Å². The van der Waals surface area contributed by atoms with Crippen LogP contribution < -0.4 is 32.6 Å². The predicted octanol–water partition coefficient (Wildman–Crippen LogP) is 11.1. The summed E-state index contributed by atoms with van der Waals surface area (Å²) in [5.41, 5.74) is 20.3. The number of rotatable bonds is 25. The van der Waals surface area contributed by atoms with E-state index in [4.69, 9.17) is 33.8 Å². The van der Waals surface area contributed by atoms with E-state index in [2.05, 4.69) is 228 Å². The number of carbonyl (C=O) groups excluding carboxylic acids is 5. The molecule has 0 aromatic heterocycles. The molecule has 0 atom stereocenters. The van der Waals surface area contributed by atoms with Crippen molar-refractivity contribution in [1.29, 1.82) is 0 Å². The van der Waals surface area contributed by atoms with Crippen molar-refractivity contribution in [3.8, 4) is 11.5 Å².